The fraction of sp³-hybridized carbons (Fsp3) is 0.316. The molecule has 23 heavy (non-hydrogen) atoms. The average Bonchev–Trinajstić information content (AvgIpc) is 2.54. The number of aliphatic hydroxyl groups excluding tert-OH is 1. The molecule has 0 bridgehead atoms. The van der Waals surface area contributed by atoms with Crippen LogP contribution in [-0.2, 0) is 6.42 Å². The number of nitrogens with one attached hydrogen (secondary N) is 2. The standard InChI is InChI=1S/C19H24N2O2/c1-14-8-6-7-11-18(14)15(2)21-19(23)20-13-17(22)12-16-9-4-3-5-10-16/h3-11,15,17,22H,12-13H2,1-2H3,(H2,20,21,23). The summed E-state index contributed by atoms with van der Waals surface area (Å²) in [6.45, 7) is 4.19. The van der Waals surface area contributed by atoms with E-state index in [1.807, 2.05) is 68.4 Å². The molecule has 122 valence electrons. The minimum absolute atomic E-state index is 0.0810. The molecule has 0 saturated carbocycles. The Labute approximate surface area is 137 Å². The number of benzene rings is 2. The smallest absolute Gasteiger partial charge is 0.315 e. The molecule has 2 aromatic rings. The van der Waals surface area contributed by atoms with Gasteiger partial charge in [-0.25, -0.2) is 4.79 Å². The van der Waals surface area contributed by atoms with Gasteiger partial charge in [0.15, 0.2) is 0 Å². The van der Waals surface area contributed by atoms with Gasteiger partial charge in [-0.1, -0.05) is 54.6 Å². The van der Waals surface area contributed by atoms with Crippen molar-refractivity contribution in [3.8, 4) is 0 Å². The van der Waals surface area contributed by atoms with Gasteiger partial charge in [-0.15, -0.1) is 0 Å². The molecule has 0 saturated heterocycles. The highest BCUT2D eigenvalue weighted by Crippen LogP contribution is 2.16. The van der Waals surface area contributed by atoms with Crippen LogP contribution in [-0.4, -0.2) is 23.8 Å². The summed E-state index contributed by atoms with van der Waals surface area (Å²) < 4.78 is 0. The highest BCUT2D eigenvalue weighted by Gasteiger charge is 2.12. The van der Waals surface area contributed by atoms with Crippen LogP contribution in [0.15, 0.2) is 54.6 Å². The highest BCUT2D eigenvalue weighted by molar-refractivity contribution is 5.74. The lowest BCUT2D eigenvalue weighted by Gasteiger charge is -2.18. The molecule has 0 aliphatic rings. The monoisotopic (exact) mass is 312 g/mol. The summed E-state index contributed by atoms with van der Waals surface area (Å²) in [6, 6.07) is 17.3. The summed E-state index contributed by atoms with van der Waals surface area (Å²) in [5.41, 5.74) is 3.28. The van der Waals surface area contributed by atoms with E-state index < -0.39 is 6.10 Å². The Balaban J connectivity index is 1.77. The summed E-state index contributed by atoms with van der Waals surface area (Å²) in [5.74, 6) is 0. The highest BCUT2D eigenvalue weighted by atomic mass is 16.3. The first kappa shape index (κ1) is 17.0. The molecule has 2 amide bonds. The molecule has 0 spiro atoms. The van der Waals surface area contributed by atoms with Crippen molar-refractivity contribution in [2.45, 2.75) is 32.4 Å². The van der Waals surface area contributed by atoms with E-state index in [1.54, 1.807) is 0 Å². The molecule has 0 fully saturated rings. The van der Waals surface area contributed by atoms with Crippen LogP contribution in [0.2, 0.25) is 0 Å². The zero-order valence-electron chi connectivity index (χ0n) is 13.6. The molecule has 3 N–H and O–H groups in total. The van der Waals surface area contributed by atoms with Crippen molar-refractivity contribution in [1.82, 2.24) is 10.6 Å². The predicted octanol–water partition coefficient (Wildman–Crippen LogP) is 2.96. The van der Waals surface area contributed by atoms with Crippen molar-refractivity contribution in [3.63, 3.8) is 0 Å². The van der Waals surface area contributed by atoms with Crippen LogP contribution in [0.4, 0.5) is 4.79 Å². The number of hydrogen-bond acceptors (Lipinski definition) is 2. The SMILES string of the molecule is Cc1ccccc1C(C)NC(=O)NCC(O)Cc1ccccc1. The molecule has 2 atom stereocenters. The van der Waals surface area contributed by atoms with Gasteiger partial charge in [0.05, 0.1) is 12.1 Å². The second kappa shape index (κ2) is 8.34. The number of amides is 2. The first-order valence-electron chi connectivity index (χ1n) is 7.88. The van der Waals surface area contributed by atoms with Crippen molar-refractivity contribution in [2.24, 2.45) is 0 Å². The summed E-state index contributed by atoms with van der Waals surface area (Å²) in [5, 5.41) is 15.6. The summed E-state index contributed by atoms with van der Waals surface area (Å²) >= 11 is 0. The van der Waals surface area contributed by atoms with Gasteiger partial charge in [0.2, 0.25) is 0 Å². The third kappa shape index (κ3) is 5.42. The molecular formula is C19H24N2O2. The van der Waals surface area contributed by atoms with Crippen molar-refractivity contribution in [3.05, 3.63) is 71.3 Å². The number of aryl methyl sites for hydroxylation is 1. The average molecular weight is 312 g/mol. The van der Waals surface area contributed by atoms with Crippen LogP contribution in [0.1, 0.15) is 29.7 Å². The molecule has 0 radical (unpaired) electrons. The number of urea groups is 1. The van der Waals surface area contributed by atoms with E-state index in [9.17, 15) is 9.90 Å². The van der Waals surface area contributed by atoms with Gasteiger partial charge in [0.25, 0.3) is 0 Å². The Kier molecular flexibility index (Phi) is 6.18. The van der Waals surface area contributed by atoms with Crippen molar-refractivity contribution in [1.29, 1.82) is 0 Å². The molecule has 4 nitrogen and oxygen atoms in total. The van der Waals surface area contributed by atoms with Crippen LogP contribution in [0.5, 0.6) is 0 Å². The molecule has 2 aromatic carbocycles. The number of carbonyl (C=O) groups is 1. The molecule has 0 aliphatic heterocycles. The third-order valence-corrected chi connectivity index (χ3v) is 3.81. The van der Waals surface area contributed by atoms with Gasteiger partial charge in [-0.3, -0.25) is 0 Å². The Morgan fingerprint density at radius 3 is 2.43 bits per heavy atom. The van der Waals surface area contributed by atoms with Gasteiger partial charge in [-0.05, 0) is 30.5 Å². The maximum Gasteiger partial charge on any atom is 0.315 e. The van der Waals surface area contributed by atoms with Crippen LogP contribution < -0.4 is 10.6 Å². The Bertz CT molecular complexity index is 628. The number of hydrogen-bond donors (Lipinski definition) is 3. The van der Waals surface area contributed by atoms with E-state index in [2.05, 4.69) is 10.6 Å². The first-order valence-corrected chi connectivity index (χ1v) is 7.88. The molecule has 2 unspecified atom stereocenters. The second-order valence-electron chi connectivity index (χ2n) is 5.78. The van der Waals surface area contributed by atoms with Gasteiger partial charge in [0, 0.05) is 13.0 Å². The minimum Gasteiger partial charge on any atom is -0.391 e. The van der Waals surface area contributed by atoms with Crippen LogP contribution >= 0.6 is 0 Å². The topological polar surface area (TPSA) is 61.4 Å². The number of rotatable bonds is 6. The van der Waals surface area contributed by atoms with E-state index >= 15 is 0 Å². The van der Waals surface area contributed by atoms with E-state index in [0.717, 1.165) is 16.7 Å². The summed E-state index contributed by atoms with van der Waals surface area (Å²) in [7, 11) is 0. The maximum atomic E-state index is 12.0. The lowest BCUT2D eigenvalue weighted by atomic mass is 10.0. The van der Waals surface area contributed by atoms with Crippen LogP contribution in [0, 0.1) is 6.92 Å². The van der Waals surface area contributed by atoms with E-state index in [4.69, 9.17) is 0 Å². The number of aliphatic hydroxyl groups is 1. The Hall–Kier alpha value is -2.33. The van der Waals surface area contributed by atoms with Crippen molar-refractivity contribution < 1.29 is 9.90 Å². The van der Waals surface area contributed by atoms with Gasteiger partial charge < -0.3 is 15.7 Å². The normalized spacial score (nSPS) is 13.2. The number of carbonyl (C=O) groups excluding carboxylic acids is 1. The first-order chi connectivity index (χ1) is 11.1. The molecule has 4 heteroatoms. The Morgan fingerprint density at radius 1 is 1.09 bits per heavy atom. The Morgan fingerprint density at radius 2 is 1.74 bits per heavy atom. The largest absolute Gasteiger partial charge is 0.391 e. The summed E-state index contributed by atoms with van der Waals surface area (Å²) in [4.78, 5) is 12.0. The minimum atomic E-state index is -0.600. The molecule has 0 aromatic heterocycles. The van der Waals surface area contributed by atoms with Crippen molar-refractivity contribution >= 4 is 6.03 Å². The summed E-state index contributed by atoms with van der Waals surface area (Å²) in [6.07, 6.45) is -0.0778. The van der Waals surface area contributed by atoms with Crippen LogP contribution in [0.3, 0.4) is 0 Å². The lowest BCUT2D eigenvalue weighted by molar-refractivity contribution is 0.170. The quantitative estimate of drug-likeness (QED) is 0.768. The van der Waals surface area contributed by atoms with E-state index in [1.165, 1.54) is 0 Å². The molecule has 2 rings (SSSR count). The fourth-order valence-electron chi connectivity index (χ4n) is 2.57. The molecule has 0 aliphatic carbocycles. The fourth-order valence-corrected chi connectivity index (χ4v) is 2.57. The van der Waals surface area contributed by atoms with E-state index in [0.29, 0.717) is 6.42 Å². The van der Waals surface area contributed by atoms with Gasteiger partial charge >= 0.3 is 6.03 Å². The third-order valence-electron chi connectivity index (χ3n) is 3.81. The maximum absolute atomic E-state index is 12.0. The zero-order chi connectivity index (χ0) is 16.7. The molecular weight excluding hydrogens is 288 g/mol. The lowest BCUT2D eigenvalue weighted by Crippen LogP contribution is -2.41. The predicted molar refractivity (Wildman–Crippen MR) is 92.3 cm³/mol. The zero-order valence-corrected chi connectivity index (χ0v) is 13.6. The van der Waals surface area contributed by atoms with E-state index in [-0.39, 0.29) is 18.6 Å². The van der Waals surface area contributed by atoms with Crippen LogP contribution in [0.25, 0.3) is 0 Å². The molecule has 0 heterocycles. The second-order valence-corrected chi connectivity index (χ2v) is 5.78. The van der Waals surface area contributed by atoms with Gasteiger partial charge in [0.1, 0.15) is 0 Å². The van der Waals surface area contributed by atoms with Crippen molar-refractivity contribution in [2.75, 3.05) is 6.54 Å². The van der Waals surface area contributed by atoms with Gasteiger partial charge in [-0.2, -0.15) is 0 Å².